The van der Waals surface area contributed by atoms with Gasteiger partial charge in [0, 0.05) is 6.42 Å². The van der Waals surface area contributed by atoms with E-state index < -0.39 is 23.7 Å². The van der Waals surface area contributed by atoms with Crippen molar-refractivity contribution in [3.05, 3.63) is 0 Å². The second-order valence-corrected chi connectivity index (χ2v) is 2.93. The zero-order chi connectivity index (χ0) is 8.43. The predicted octanol–water partition coefficient (Wildman–Crippen LogP) is -0.390. The van der Waals surface area contributed by atoms with E-state index in [0.29, 0.717) is 0 Å². The lowest BCUT2D eigenvalue weighted by atomic mass is 10.1. The van der Waals surface area contributed by atoms with E-state index in [4.69, 9.17) is 21.8 Å². The molecule has 0 bridgehead atoms. The van der Waals surface area contributed by atoms with Crippen molar-refractivity contribution in [1.82, 2.24) is 0 Å². The highest BCUT2D eigenvalue weighted by molar-refractivity contribution is 6.20. The van der Waals surface area contributed by atoms with E-state index in [1.807, 2.05) is 0 Å². The van der Waals surface area contributed by atoms with Gasteiger partial charge in [0.2, 0.25) is 5.56 Å². The van der Waals surface area contributed by atoms with Crippen LogP contribution in [0.15, 0.2) is 0 Å². The summed E-state index contributed by atoms with van der Waals surface area (Å²) in [6, 6.07) is 0. The first-order chi connectivity index (χ1) is 5.09. The fourth-order valence-electron chi connectivity index (χ4n) is 0.914. The SMILES string of the molecule is O=C1C[C@@H](O)C[C@H](O)C(Cl)O1. The molecule has 0 spiro atoms. The smallest absolute Gasteiger partial charge is 0.309 e. The summed E-state index contributed by atoms with van der Waals surface area (Å²) in [5.74, 6) is -0.575. The summed E-state index contributed by atoms with van der Waals surface area (Å²) < 4.78 is 4.51. The predicted molar refractivity (Wildman–Crippen MR) is 37.0 cm³/mol. The van der Waals surface area contributed by atoms with Crippen LogP contribution in [0.1, 0.15) is 12.8 Å². The Morgan fingerprint density at radius 3 is 2.82 bits per heavy atom. The standard InChI is InChI=1S/C6H9ClO4/c7-6-4(9)1-3(8)2-5(10)11-6/h3-4,6,8-9H,1-2H2/t3-,4-,6?/m0/s1. The molecule has 0 aromatic rings. The van der Waals surface area contributed by atoms with Gasteiger partial charge in [-0.2, -0.15) is 0 Å². The second-order valence-electron chi connectivity index (χ2n) is 2.50. The van der Waals surface area contributed by atoms with E-state index in [2.05, 4.69) is 4.74 Å². The van der Waals surface area contributed by atoms with Gasteiger partial charge >= 0.3 is 5.97 Å². The van der Waals surface area contributed by atoms with Crippen molar-refractivity contribution in [3.8, 4) is 0 Å². The number of halogens is 1. The van der Waals surface area contributed by atoms with Crippen molar-refractivity contribution in [2.45, 2.75) is 30.6 Å². The highest BCUT2D eigenvalue weighted by Crippen LogP contribution is 2.17. The van der Waals surface area contributed by atoms with Crippen LogP contribution >= 0.6 is 11.6 Å². The van der Waals surface area contributed by atoms with Crippen LogP contribution in [0, 0.1) is 0 Å². The van der Waals surface area contributed by atoms with Gasteiger partial charge in [-0.1, -0.05) is 11.6 Å². The first kappa shape index (κ1) is 8.77. The summed E-state index contributed by atoms with van der Waals surface area (Å²) in [4.78, 5) is 10.7. The van der Waals surface area contributed by atoms with Crippen molar-refractivity contribution < 1.29 is 19.7 Å². The topological polar surface area (TPSA) is 66.8 Å². The number of hydrogen-bond donors (Lipinski definition) is 2. The summed E-state index contributed by atoms with van der Waals surface area (Å²) in [6.45, 7) is 0. The number of esters is 1. The van der Waals surface area contributed by atoms with Crippen LogP contribution < -0.4 is 0 Å². The molecule has 0 saturated carbocycles. The number of alkyl halides is 1. The highest BCUT2D eigenvalue weighted by atomic mass is 35.5. The number of aliphatic hydroxyl groups is 2. The summed E-state index contributed by atoms with van der Waals surface area (Å²) in [6.07, 6.45) is -1.83. The van der Waals surface area contributed by atoms with Crippen molar-refractivity contribution in [1.29, 1.82) is 0 Å². The fourth-order valence-corrected chi connectivity index (χ4v) is 1.12. The van der Waals surface area contributed by atoms with Crippen LogP contribution in [0.4, 0.5) is 0 Å². The molecule has 5 heteroatoms. The number of aliphatic hydroxyl groups excluding tert-OH is 2. The Kier molecular flexibility index (Phi) is 2.70. The van der Waals surface area contributed by atoms with Crippen LogP contribution in [-0.2, 0) is 9.53 Å². The van der Waals surface area contributed by atoms with E-state index in [1.54, 1.807) is 0 Å². The van der Waals surface area contributed by atoms with Crippen molar-refractivity contribution in [2.24, 2.45) is 0 Å². The number of hydrogen-bond acceptors (Lipinski definition) is 4. The maximum absolute atomic E-state index is 10.7. The molecule has 1 rings (SSSR count). The molecular weight excluding hydrogens is 172 g/mol. The first-order valence-electron chi connectivity index (χ1n) is 3.29. The van der Waals surface area contributed by atoms with Crippen molar-refractivity contribution >= 4 is 17.6 Å². The Morgan fingerprint density at radius 1 is 1.55 bits per heavy atom. The minimum absolute atomic E-state index is 0.0832. The Hall–Kier alpha value is -0.320. The van der Waals surface area contributed by atoms with Gasteiger partial charge in [0.15, 0.2) is 0 Å². The number of carbonyl (C=O) groups excluding carboxylic acids is 1. The number of ether oxygens (including phenoxy) is 1. The first-order valence-corrected chi connectivity index (χ1v) is 3.73. The van der Waals surface area contributed by atoms with Crippen LogP contribution in [0.3, 0.4) is 0 Å². The van der Waals surface area contributed by atoms with Gasteiger partial charge in [0.25, 0.3) is 0 Å². The molecule has 1 fully saturated rings. The molecule has 64 valence electrons. The number of carbonyl (C=O) groups is 1. The zero-order valence-corrected chi connectivity index (χ0v) is 6.49. The average Bonchev–Trinajstić information content (AvgIpc) is 1.93. The molecular formula is C6H9ClO4. The van der Waals surface area contributed by atoms with E-state index in [1.165, 1.54) is 0 Å². The Balaban J connectivity index is 2.58. The molecule has 0 aromatic carbocycles. The second kappa shape index (κ2) is 3.38. The van der Waals surface area contributed by atoms with Gasteiger partial charge in [0.05, 0.1) is 12.5 Å². The Morgan fingerprint density at radius 2 is 2.18 bits per heavy atom. The van der Waals surface area contributed by atoms with Crippen molar-refractivity contribution in [2.75, 3.05) is 0 Å². The molecule has 3 atom stereocenters. The van der Waals surface area contributed by atoms with Gasteiger partial charge in [-0.05, 0) is 0 Å². The summed E-state index contributed by atoms with van der Waals surface area (Å²) in [7, 11) is 0. The minimum Gasteiger partial charge on any atom is -0.443 e. The molecule has 0 radical (unpaired) electrons. The molecule has 1 saturated heterocycles. The van der Waals surface area contributed by atoms with E-state index >= 15 is 0 Å². The monoisotopic (exact) mass is 180 g/mol. The van der Waals surface area contributed by atoms with Gasteiger partial charge in [-0.15, -0.1) is 0 Å². The highest BCUT2D eigenvalue weighted by Gasteiger charge is 2.29. The van der Waals surface area contributed by atoms with Crippen LogP contribution in [0.5, 0.6) is 0 Å². The Labute approximate surface area is 68.7 Å². The molecule has 1 aliphatic rings. The quantitative estimate of drug-likeness (QED) is 0.394. The average molecular weight is 181 g/mol. The lowest BCUT2D eigenvalue weighted by molar-refractivity contribution is -0.147. The van der Waals surface area contributed by atoms with E-state index in [0.717, 1.165) is 0 Å². The van der Waals surface area contributed by atoms with Crippen LogP contribution in [0.25, 0.3) is 0 Å². The molecule has 1 aliphatic heterocycles. The Bertz CT molecular complexity index is 161. The van der Waals surface area contributed by atoms with Crippen LogP contribution in [0.2, 0.25) is 0 Å². The third-order valence-corrected chi connectivity index (χ3v) is 1.84. The van der Waals surface area contributed by atoms with Gasteiger partial charge in [-0.3, -0.25) is 4.79 Å². The maximum Gasteiger partial charge on any atom is 0.309 e. The summed E-state index contributed by atoms with van der Waals surface area (Å²) in [5.41, 5.74) is -1.03. The van der Waals surface area contributed by atoms with E-state index in [-0.39, 0.29) is 12.8 Å². The normalized spacial score (nSPS) is 39.5. The lowest BCUT2D eigenvalue weighted by Crippen LogP contribution is -2.24. The minimum atomic E-state index is -1.03. The maximum atomic E-state index is 10.7. The largest absolute Gasteiger partial charge is 0.443 e. The molecule has 11 heavy (non-hydrogen) atoms. The summed E-state index contributed by atoms with van der Waals surface area (Å²) >= 11 is 5.43. The number of rotatable bonds is 0. The van der Waals surface area contributed by atoms with Crippen molar-refractivity contribution in [3.63, 3.8) is 0 Å². The molecule has 4 nitrogen and oxygen atoms in total. The van der Waals surface area contributed by atoms with Crippen LogP contribution in [-0.4, -0.2) is 34.0 Å². The molecule has 2 N–H and O–H groups in total. The zero-order valence-electron chi connectivity index (χ0n) is 5.74. The third-order valence-electron chi connectivity index (χ3n) is 1.46. The molecule has 0 aromatic heterocycles. The molecule has 1 heterocycles. The van der Waals surface area contributed by atoms with Gasteiger partial charge < -0.3 is 14.9 Å². The molecule has 1 unspecified atom stereocenters. The third kappa shape index (κ3) is 2.32. The number of cyclic esters (lactones) is 1. The van der Waals surface area contributed by atoms with Gasteiger partial charge in [-0.25, -0.2) is 0 Å². The molecule has 0 aliphatic carbocycles. The fraction of sp³-hybridized carbons (Fsp3) is 0.833. The summed E-state index contributed by atoms with van der Waals surface area (Å²) in [5, 5.41) is 18.1. The van der Waals surface area contributed by atoms with E-state index in [9.17, 15) is 4.79 Å². The van der Waals surface area contributed by atoms with Gasteiger partial charge in [0.1, 0.15) is 6.10 Å². The lowest BCUT2D eigenvalue weighted by Gasteiger charge is -2.12. The molecule has 0 amide bonds.